The molecule has 0 bridgehead atoms. The Kier molecular flexibility index (Phi) is 5.69. The highest BCUT2D eigenvalue weighted by Gasteiger charge is 2.08. The molecule has 0 aliphatic rings. The minimum absolute atomic E-state index is 0.236. The van der Waals surface area contributed by atoms with Crippen molar-refractivity contribution in [3.63, 3.8) is 0 Å². The van der Waals surface area contributed by atoms with Crippen molar-refractivity contribution < 1.29 is 9.13 Å². The highest BCUT2D eigenvalue weighted by atomic mass is 19.1. The predicted octanol–water partition coefficient (Wildman–Crippen LogP) is 3.79. The molecule has 1 heterocycles. The van der Waals surface area contributed by atoms with E-state index in [1.807, 2.05) is 26.0 Å². The van der Waals surface area contributed by atoms with E-state index < -0.39 is 0 Å². The Balaban J connectivity index is 2.21. The van der Waals surface area contributed by atoms with E-state index in [-0.39, 0.29) is 5.82 Å². The summed E-state index contributed by atoms with van der Waals surface area (Å²) in [5.74, 6) is 0.435. The van der Waals surface area contributed by atoms with Crippen molar-refractivity contribution in [1.29, 1.82) is 0 Å². The van der Waals surface area contributed by atoms with E-state index in [0.29, 0.717) is 24.5 Å². The number of hydrogen-bond acceptors (Lipinski definition) is 3. The van der Waals surface area contributed by atoms with Gasteiger partial charge in [0, 0.05) is 23.9 Å². The zero-order chi connectivity index (χ0) is 15.1. The Hall–Kier alpha value is -1.94. The van der Waals surface area contributed by atoms with Gasteiger partial charge in [0.05, 0.1) is 12.8 Å². The average Bonchev–Trinajstić information content (AvgIpc) is 2.51. The molecule has 21 heavy (non-hydrogen) atoms. The van der Waals surface area contributed by atoms with E-state index in [1.165, 1.54) is 0 Å². The first-order valence-corrected chi connectivity index (χ1v) is 7.32. The van der Waals surface area contributed by atoms with Gasteiger partial charge >= 0.3 is 0 Å². The molecular formula is C17H21FN2O. The molecule has 0 aliphatic heterocycles. The van der Waals surface area contributed by atoms with E-state index in [1.54, 1.807) is 24.5 Å². The topological polar surface area (TPSA) is 34.1 Å². The fourth-order valence-electron chi connectivity index (χ4n) is 2.04. The van der Waals surface area contributed by atoms with E-state index >= 15 is 0 Å². The Morgan fingerprint density at radius 2 is 2.05 bits per heavy atom. The summed E-state index contributed by atoms with van der Waals surface area (Å²) in [6.07, 6.45) is 4.23. The minimum atomic E-state index is -0.236. The Morgan fingerprint density at radius 1 is 1.19 bits per heavy atom. The summed E-state index contributed by atoms with van der Waals surface area (Å²) in [6.45, 7) is 6.24. The number of nitrogens with zero attached hydrogens (tertiary/aromatic N) is 1. The van der Waals surface area contributed by atoms with Gasteiger partial charge in [0.25, 0.3) is 0 Å². The van der Waals surface area contributed by atoms with Gasteiger partial charge < -0.3 is 10.1 Å². The maximum atomic E-state index is 14.3. The van der Waals surface area contributed by atoms with Gasteiger partial charge in [-0.15, -0.1) is 0 Å². The number of hydrogen-bond donors (Lipinski definition) is 1. The van der Waals surface area contributed by atoms with Crippen molar-refractivity contribution in [3.8, 4) is 16.9 Å². The van der Waals surface area contributed by atoms with Crippen LogP contribution in [-0.4, -0.2) is 18.1 Å². The maximum Gasteiger partial charge on any atom is 0.138 e. The smallest absolute Gasteiger partial charge is 0.138 e. The summed E-state index contributed by atoms with van der Waals surface area (Å²) < 4.78 is 19.8. The number of benzene rings is 1. The SMILES string of the molecule is CCCOc1cncc(-c2ccc(CNCC)cc2F)c1. The first kappa shape index (κ1) is 15.4. The van der Waals surface area contributed by atoms with Gasteiger partial charge in [0.2, 0.25) is 0 Å². The van der Waals surface area contributed by atoms with Gasteiger partial charge in [-0.25, -0.2) is 4.39 Å². The quantitative estimate of drug-likeness (QED) is 0.841. The molecule has 1 aromatic heterocycles. The van der Waals surface area contributed by atoms with Crippen molar-refractivity contribution >= 4 is 0 Å². The second kappa shape index (κ2) is 7.74. The van der Waals surface area contributed by atoms with Crippen molar-refractivity contribution in [2.45, 2.75) is 26.8 Å². The van der Waals surface area contributed by atoms with Crippen LogP contribution in [0.2, 0.25) is 0 Å². The highest BCUT2D eigenvalue weighted by molar-refractivity contribution is 5.64. The number of rotatable bonds is 7. The van der Waals surface area contributed by atoms with Gasteiger partial charge in [-0.2, -0.15) is 0 Å². The summed E-state index contributed by atoms with van der Waals surface area (Å²) in [7, 11) is 0. The molecule has 0 radical (unpaired) electrons. The van der Waals surface area contributed by atoms with Gasteiger partial charge in [-0.3, -0.25) is 4.98 Å². The second-order valence-corrected chi connectivity index (χ2v) is 4.85. The molecule has 3 nitrogen and oxygen atoms in total. The first-order chi connectivity index (χ1) is 10.2. The zero-order valence-electron chi connectivity index (χ0n) is 12.5. The summed E-state index contributed by atoms with van der Waals surface area (Å²) in [4.78, 5) is 4.12. The molecule has 0 saturated carbocycles. The van der Waals surface area contributed by atoms with Crippen molar-refractivity contribution in [2.24, 2.45) is 0 Å². The van der Waals surface area contributed by atoms with Gasteiger partial charge in [-0.05, 0) is 30.7 Å². The van der Waals surface area contributed by atoms with Crippen LogP contribution in [0, 0.1) is 5.82 Å². The third kappa shape index (κ3) is 4.26. The fraction of sp³-hybridized carbons (Fsp3) is 0.353. The second-order valence-electron chi connectivity index (χ2n) is 4.85. The van der Waals surface area contributed by atoms with Gasteiger partial charge in [0.1, 0.15) is 11.6 Å². The third-order valence-electron chi connectivity index (χ3n) is 3.11. The molecule has 1 N–H and O–H groups in total. The molecule has 0 unspecified atom stereocenters. The van der Waals surface area contributed by atoms with Crippen LogP contribution in [0.15, 0.2) is 36.7 Å². The number of halogens is 1. The Bertz CT molecular complexity index is 587. The van der Waals surface area contributed by atoms with Crippen molar-refractivity contribution in [2.75, 3.05) is 13.2 Å². The third-order valence-corrected chi connectivity index (χ3v) is 3.11. The predicted molar refractivity (Wildman–Crippen MR) is 82.8 cm³/mol. The zero-order valence-corrected chi connectivity index (χ0v) is 12.5. The summed E-state index contributed by atoms with van der Waals surface area (Å²) in [6, 6.07) is 7.12. The molecule has 4 heteroatoms. The molecular weight excluding hydrogens is 267 g/mol. The molecule has 1 aromatic carbocycles. The number of ether oxygens (including phenoxy) is 1. The molecule has 2 aromatic rings. The lowest BCUT2D eigenvalue weighted by molar-refractivity contribution is 0.316. The standard InChI is InChI=1S/C17H21FN2O/c1-3-7-21-15-9-14(11-20-12-15)16-6-5-13(8-17(16)18)10-19-4-2/h5-6,8-9,11-12,19H,3-4,7,10H2,1-2H3. The van der Waals surface area contributed by atoms with Crippen LogP contribution in [0.1, 0.15) is 25.8 Å². The lowest BCUT2D eigenvalue weighted by Gasteiger charge is -2.09. The maximum absolute atomic E-state index is 14.3. The first-order valence-electron chi connectivity index (χ1n) is 7.32. The summed E-state index contributed by atoms with van der Waals surface area (Å²) in [5, 5.41) is 3.18. The van der Waals surface area contributed by atoms with E-state index in [0.717, 1.165) is 24.1 Å². The minimum Gasteiger partial charge on any atom is -0.492 e. The highest BCUT2D eigenvalue weighted by Crippen LogP contribution is 2.26. The molecule has 112 valence electrons. The fourth-order valence-corrected chi connectivity index (χ4v) is 2.04. The van der Waals surface area contributed by atoms with Gasteiger partial charge in [-0.1, -0.05) is 26.0 Å². The van der Waals surface area contributed by atoms with Crippen LogP contribution >= 0.6 is 0 Å². The lowest BCUT2D eigenvalue weighted by Crippen LogP contribution is -2.11. The molecule has 0 atom stereocenters. The largest absolute Gasteiger partial charge is 0.492 e. The number of nitrogens with one attached hydrogen (secondary N) is 1. The molecule has 0 saturated heterocycles. The Labute approximate surface area is 125 Å². The number of aromatic nitrogens is 1. The van der Waals surface area contributed by atoms with Gasteiger partial charge in [0.15, 0.2) is 0 Å². The molecule has 0 amide bonds. The monoisotopic (exact) mass is 288 g/mol. The average molecular weight is 288 g/mol. The summed E-state index contributed by atoms with van der Waals surface area (Å²) in [5.41, 5.74) is 2.21. The van der Waals surface area contributed by atoms with Crippen molar-refractivity contribution in [3.05, 3.63) is 48.0 Å². The molecule has 0 aliphatic carbocycles. The molecule has 0 spiro atoms. The van der Waals surface area contributed by atoms with Crippen LogP contribution in [0.5, 0.6) is 5.75 Å². The lowest BCUT2D eigenvalue weighted by atomic mass is 10.0. The normalized spacial score (nSPS) is 10.6. The van der Waals surface area contributed by atoms with Crippen LogP contribution in [-0.2, 0) is 6.54 Å². The Morgan fingerprint density at radius 3 is 2.76 bits per heavy atom. The summed E-state index contributed by atoms with van der Waals surface area (Å²) >= 11 is 0. The van der Waals surface area contributed by atoms with Crippen molar-refractivity contribution in [1.82, 2.24) is 10.3 Å². The van der Waals surface area contributed by atoms with Crippen LogP contribution in [0.3, 0.4) is 0 Å². The van der Waals surface area contributed by atoms with E-state index in [4.69, 9.17) is 4.74 Å². The van der Waals surface area contributed by atoms with Crippen LogP contribution in [0.4, 0.5) is 4.39 Å². The van der Waals surface area contributed by atoms with Crippen LogP contribution in [0.25, 0.3) is 11.1 Å². The number of pyridine rings is 1. The molecule has 0 fully saturated rings. The van der Waals surface area contributed by atoms with E-state index in [9.17, 15) is 4.39 Å². The van der Waals surface area contributed by atoms with E-state index in [2.05, 4.69) is 10.3 Å². The van der Waals surface area contributed by atoms with Crippen LogP contribution < -0.4 is 10.1 Å². The molecule has 2 rings (SSSR count).